The topological polar surface area (TPSA) is 575 Å². The number of rotatable bonds is 64. The first kappa shape index (κ1) is 105. The average molecular weight is 1720 g/mol. The van der Waals surface area contributed by atoms with Crippen LogP contribution in [0.2, 0.25) is 0 Å². The van der Waals surface area contributed by atoms with Crippen LogP contribution in [-0.2, 0) is 76.1 Å². The summed E-state index contributed by atoms with van der Waals surface area (Å²) in [6.07, 6.45) is -9.07. The Morgan fingerprint density at radius 1 is 0.387 bits per heavy atom. The van der Waals surface area contributed by atoms with Gasteiger partial charge in [0.25, 0.3) is 0 Å². The Bertz CT molecular complexity index is 2800. The Labute approximate surface area is 699 Å². The van der Waals surface area contributed by atoms with Gasteiger partial charge < -0.3 is 155 Å². The number of carboxylic acids is 2. The molecule has 692 valence electrons. The van der Waals surface area contributed by atoms with E-state index in [4.69, 9.17) is 52.1 Å². The van der Waals surface area contributed by atoms with Gasteiger partial charge in [-0.1, -0.05) is 179 Å². The van der Waals surface area contributed by atoms with Crippen molar-refractivity contribution < 1.29 is 168 Å². The Hall–Kier alpha value is -4.05. The van der Waals surface area contributed by atoms with Crippen LogP contribution in [0.15, 0.2) is 24.3 Å². The molecule has 5 heterocycles. The number of unbranched alkanes of at least 4 members (excludes halogenated alkanes) is 26. The average Bonchev–Trinajstić information content (AvgIpc) is 0.767. The Morgan fingerprint density at radius 3 is 1.37 bits per heavy atom. The molecule has 5 rings (SSSR count). The Balaban J connectivity index is 0.949. The molecule has 5 aliphatic heterocycles. The zero-order valence-corrected chi connectivity index (χ0v) is 69.7. The zero-order valence-electron chi connectivity index (χ0n) is 69.7. The molecule has 28 atom stereocenters. The molecule has 5 saturated heterocycles. The predicted molar refractivity (Wildman–Crippen MR) is 425 cm³/mol. The van der Waals surface area contributed by atoms with Crippen molar-refractivity contribution >= 4 is 29.5 Å². The summed E-state index contributed by atoms with van der Waals surface area (Å²) in [5, 5.41) is 199. The number of aliphatic carboxylic acids is 2. The SMILES string of the molecule is CCCCC/C=C\C/C=C\CCCCCCCCCC(=O)N[C@@H](COC1OC(COCCCCCCCC(=O)CCCCC(=O)NCCOC2OC(CO)C(OC3OC(C(=O)O)C(O)C(OC4OC(CO)C(OC5OC(C(=O)O)C(O)C(O)C5O)C(O)C4O)C3O)C(O)C2O)C(O)C(O)C1O)[C@H](O)[C@H](O)CCCCCCCCCCCCCC. The molecule has 0 saturated carbocycles. The highest BCUT2D eigenvalue weighted by Crippen LogP contribution is 2.36. The number of amides is 2. The minimum Gasteiger partial charge on any atom is -0.479 e. The van der Waals surface area contributed by atoms with Crippen LogP contribution < -0.4 is 10.6 Å². The number of allylic oxidation sites excluding steroid dienone is 4. The number of Topliss-reactive ketones (excluding diaryl/α,β-unsaturated/α-hetero) is 1. The van der Waals surface area contributed by atoms with E-state index in [9.17, 15) is 116 Å². The van der Waals surface area contributed by atoms with E-state index >= 15 is 0 Å². The number of carbonyl (C=O) groups excluding carboxylic acids is 3. The third-order valence-electron chi connectivity index (χ3n) is 22.4. The second-order valence-electron chi connectivity index (χ2n) is 32.2. The summed E-state index contributed by atoms with van der Waals surface area (Å²) < 4.78 is 61.6. The quantitative estimate of drug-likeness (QED) is 0.0305. The monoisotopic (exact) mass is 1710 g/mol. The molecule has 119 heavy (non-hydrogen) atoms. The van der Waals surface area contributed by atoms with Gasteiger partial charge in [0, 0.05) is 38.8 Å². The van der Waals surface area contributed by atoms with Gasteiger partial charge in [0.2, 0.25) is 11.8 Å². The van der Waals surface area contributed by atoms with E-state index < -0.39 is 197 Å². The van der Waals surface area contributed by atoms with Gasteiger partial charge in [-0.15, -0.1) is 0 Å². The van der Waals surface area contributed by atoms with Gasteiger partial charge in [0.05, 0.1) is 45.2 Å². The van der Waals surface area contributed by atoms with E-state index in [0.717, 1.165) is 96.3 Å². The first-order chi connectivity index (χ1) is 57.2. The maximum Gasteiger partial charge on any atom is 0.335 e. The Morgan fingerprint density at radius 2 is 0.798 bits per heavy atom. The van der Waals surface area contributed by atoms with Gasteiger partial charge in [0.1, 0.15) is 122 Å². The summed E-state index contributed by atoms with van der Waals surface area (Å²) in [7, 11) is 0. The van der Waals surface area contributed by atoms with Crippen LogP contribution >= 0.6 is 0 Å². The lowest BCUT2D eigenvalue weighted by atomic mass is 9.95. The smallest absolute Gasteiger partial charge is 0.335 e. The number of carboxylic acid groups (broad SMARTS) is 2. The fourth-order valence-electron chi connectivity index (χ4n) is 15.1. The number of hydrogen-bond donors (Lipinski definition) is 20. The summed E-state index contributed by atoms with van der Waals surface area (Å²) in [6.45, 7) is 1.75. The maximum atomic E-state index is 13.4. The van der Waals surface area contributed by atoms with Crippen molar-refractivity contribution in [3.8, 4) is 0 Å². The molecular formula is C83H146N2O34. The highest BCUT2D eigenvalue weighted by atomic mass is 16.8. The molecule has 36 nitrogen and oxygen atoms in total. The summed E-state index contributed by atoms with van der Waals surface area (Å²) in [6, 6.07) is -1.07. The summed E-state index contributed by atoms with van der Waals surface area (Å²) in [5.41, 5.74) is 0. The van der Waals surface area contributed by atoms with Crippen molar-refractivity contribution in [2.75, 3.05) is 46.2 Å². The van der Waals surface area contributed by atoms with E-state index in [1.807, 2.05) is 0 Å². The molecule has 0 aromatic carbocycles. The molecule has 5 fully saturated rings. The van der Waals surface area contributed by atoms with Gasteiger partial charge in [-0.05, 0) is 70.6 Å². The first-order valence-electron chi connectivity index (χ1n) is 43.8. The summed E-state index contributed by atoms with van der Waals surface area (Å²) >= 11 is 0. The predicted octanol–water partition coefficient (Wildman–Crippen LogP) is 1.78. The molecule has 2 amide bonds. The molecule has 0 spiro atoms. The zero-order chi connectivity index (χ0) is 87.2. The Kier molecular flexibility index (Phi) is 53.0. The van der Waals surface area contributed by atoms with Crippen LogP contribution in [0.5, 0.6) is 0 Å². The summed E-state index contributed by atoms with van der Waals surface area (Å²) in [4.78, 5) is 62.8. The number of ether oxygens (including phenoxy) is 11. The molecule has 0 radical (unpaired) electrons. The lowest BCUT2D eigenvalue weighted by Crippen LogP contribution is -2.68. The molecule has 25 unspecified atom stereocenters. The molecule has 36 heteroatoms. The van der Waals surface area contributed by atoms with Crippen molar-refractivity contribution in [1.29, 1.82) is 0 Å². The molecule has 20 N–H and O–H groups in total. The number of nitrogens with one attached hydrogen (secondary N) is 2. The third kappa shape index (κ3) is 37.2. The fraction of sp³-hybridized carbons (Fsp3) is 0.892. The largest absolute Gasteiger partial charge is 0.479 e. The number of carbonyl (C=O) groups is 5. The van der Waals surface area contributed by atoms with E-state index in [0.29, 0.717) is 51.4 Å². The van der Waals surface area contributed by atoms with Crippen molar-refractivity contribution in [3.63, 3.8) is 0 Å². The minimum absolute atomic E-state index is 0.0389. The van der Waals surface area contributed by atoms with Crippen molar-refractivity contribution in [2.24, 2.45) is 0 Å². The third-order valence-corrected chi connectivity index (χ3v) is 22.4. The van der Waals surface area contributed by atoms with Crippen LogP contribution in [0, 0.1) is 0 Å². The number of ketones is 1. The number of aliphatic hydroxyl groups excluding tert-OH is 16. The van der Waals surface area contributed by atoms with Gasteiger partial charge in [-0.2, -0.15) is 0 Å². The van der Waals surface area contributed by atoms with Crippen LogP contribution in [0.1, 0.15) is 251 Å². The van der Waals surface area contributed by atoms with Crippen LogP contribution in [-0.4, -0.2) is 339 Å². The second-order valence-corrected chi connectivity index (χ2v) is 32.2. The van der Waals surface area contributed by atoms with Gasteiger partial charge in [0.15, 0.2) is 43.7 Å². The van der Waals surface area contributed by atoms with Crippen molar-refractivity contribution in [1.82, 2.24) is 10.6 Å². The minimum atomic E-state index is -2.32. The van der Waals surface area contributed by atoms with Crippen LogP contribution in [0.3, 0.4) is 0 Å². The normalized spacial score (nSPS) is 32.1. The molecule has 0 aliphatic carbocycles. The number of hydrogen-bond acceptors (Lipinski definition) is 32. The second kappa shape index (κ2) is 59.8. The molecule has 0 aromatic rings. The van der Waals surface area contributed by atoms with E-state index in [2.05, 4.69) is 48.8 Å². The summed E-state index contributed by atoms with van der Waals surface area (Å²) in [5.74, 6) is -4.30. The van der Waals surface area contributed by atoms with Gasteiger partial charge >= 0.3 is 11.9 Å². The fourth-order valence-corrected chi connectivity index (χ4v) is 15.1. The maximum absolute atomic E-state index is 13.4. The van der Waals surface area contributed by atoms with E-state index in [1.165, 1.54) is 70.6 Å². The van der Waals surface area contributed by atoms with Gasteiger partial charge in [-0.3, -0.25) is 14.4 Å². The molecule has 5 aliphatic rings. The molecule has 0 aromatic heterocycles. The highest BCUT2D eigenvalue weighted by molar-refractivity contribution is 5.79. The first-order valence-corrected chi connectivity index (χ1v) is 43.8. The molecular weight excluding hydrogens is 1570 g/mol. The molecule has 0 bridgehead atoms. The van der Waals surface area contributed by atoms with Crippen molar-refractivity contribution in [2.45, 2.75) is 423 Å². The lowest BCUT2D eigenvalue weighted by Gasteiger charge is -2.48. The number of aliphatic hydroxyl groups is 16. The van der Waals surface area contributed by atoms with E-state index in [-0.39, 0.29) is 69.8 Å². The van der Waals surface area contributed by atoms with Crippen molar-refractivity contribution in [3.05, 3.63) is 24.3 Å². The highest BCUT2D eigenvalue weighted by Gasteiger charge is 2.57. The lowest BCUT2D eigenvalue weighted by molar-refractivity contribution is -0.385. The van der Waals surface area contributed by atoms with Crippen LogP contribution in [0.4, 0.5) is 0 Å². The van der Waals surface area contributed by atoms with Gasteiger partial charge in [-0.25, -0.2) is 9.59 Å². The van der Waals surface area contributed by atoms with Crippen LogP contribution in [0.25, 0.3) is 0 Å². The standard InChI is InChI=1S/C83H146N2O34/c1-3-5-7-9-11-13-15-17-18-19-20-21-23-25-27-31-35-43-58(91)85-52(59(92)53(89)41-34-30-26-24-22-16-14-12-10-8-6-4-2)49-111-80-66(99)61(94)60(93)56(114-80)50-109-45-38-32-28-29-33-39-51(88)40-36-37-42-57(90)84-44-46-110-79-68(101)64(97)72(54(47-86)112-79)116-83-71(104)74(70(103)76(119-83)78(107)108)117-81-69(102)65(98)73(55(48-87)113-81)115-82-67(100)62(95)63(96)75(118-82)77(105)106/h11,13,17-18,52-56,59-76,79-83,86-87,89,92-104H,3-10,12,14-16,19-50H2,1-2H3,(H,84,90)(H,85,91)(H,105,106)(H,107,108)/b13-11-,18-17-/t52-,53+,54?,55?,56?,59-,60?,61?,62?,63?,64?,65?,66?,67?,68?,69?,70?,71?,72?,73?,74?,75?,76?,79?,80?,81?,82?,83?/m0/s1. The van der Waals surface area contributed by atoms with E-state index in [1.54, 1.807) is 0 Å².